The lowest BCUT2D eigenvalue weighted by molar-refractivity contribution is 0.476. The number of aryl methyl sites for hydroxylation is 2. The van der Waals surface area contributed by atoms with Crippen LogP contribution >= 0.6 is 0 Å². The number of hydrogen-bond donors (Lipinski definition) is 1. The molecule has 0 saturated carbocycles. The van der Waals surface area contributed by atoms with Gasteiger partial charge in [-0.1, -0.05) is 29.8 Å². The first-order valence-corrected chi connectivity index (χ1v) is 7.91. The first-order chi connectivity index (χ1) is 11.0. The predicted molar refractivity (Wildman–Crippen MR) is 93.2 cm³/mol. The van der Waals surface area contributed by atoms with Crippen LogP contribution in [-0.2, 0) is 20.1 Å². The van der Waals surface area contributed by atoms with Gasteiger partial charge in [0.05, 0.1) is 0 Å². The van der Waals surface area contributed by atoms with E-state index in [0.717, 1.165) is 30.7 Å². The maximum absolute atomic E-state index is 4.68. The summed E-state index contributed by atoms with van der Waals surface area (Å²) in [4.78, 5) is 6.80. The second-order valence-corrected chi connectivity index (χ2v) is 5.73. The van der Waals surface area contributed by atoms with Crippen LogP contribution in [0.3, 0.4) is 0 Å². The molecule has 0 amide bonds. The highest BCUT2D eigenvalue weighted by atomic mass is 15.3. The standard InChI is InChI=1S/C17H26N6/c1-6-18-17(19-11-16-21-20-14(3)23(16)5)22(4)12-15-9-7-13(2)8-10-15/h7-10H,6,11-12H2,1-5H3,(H,18,19). The maximum atomic E-state index is 4.68. The number of benzene rings is 1. The number of nitrogens with zero attached hydrogens (tertiary/aromatic N) is 5. The van der Waals surface area contributed by atoms with E-state index in [0.29, 0.717) is 6.54 Å². The lowest BCUT2D eigenvalue weighted by atomic mass is 10.1. The highest BCUT2D eigenvalue weighted by Crippen LogP contribution is 2.07. The highest BCUT2D eigenvalue weighted by Gasteiger charge is 2.09. The van der Waals surface area contributed by atoms with Crippen LogP contribution in [0.2, 0.25) is 0 Å². The Labute approximate surface area is 138 Å². The third kappa shape index (κ3) is 4.55. The average molecular weight is 314 g/mol. The minimum atomic E-state index is 0.512. The summed E-state index contributed by atoms with van der Waals surface area (Å²) >= 11 is 0. The van der Waals surface area contributed by atoms with Crippen molar-refractivity contribution in [3.63, 3.8) is 0 Å². The molecule has 0 aliphatic rings. The van der Waals surface area contributed by atoms with Gasteiger partial charge in [-0.3, -0.25) is 0 Å². The Kier molecular flexibility index (Phi) is 5.73. The fraction of sp³-hybridized carbons (Fsp3) is 0.471. The van der Waals surface area contributed by atoms with Crippen molar-refractivity contribution in [1.82, 2.24) is 25.0 Å². The minimum Gasteiger partial charge on any atom is -0.357 e. The minimum absolute atomic E-state index is 0.512. The molecule has 0 radical (unpaired) electrons. The molecule has 0 aliphatic heterocycles. The fourth-order valence-electron chi connectivity index (χ4n) is 2.25. The van der Waals surface area contributed by atoms with E-state index in [1.54, 1.807) is 0 Å². The van der Waals surface area contributed by atoms with Gasteiger partial charge in [0.15, 0.2) is 11.8 Å². The highest BCUT2D eigenvalue weighted by molar-refractivity contribution is 5.79. The lowest BCUT2D eigenvalue weighted by Crippen LogP contribution is -2.38. The number of hydrogen-bond acceptors (Lipinski definition) is 3. The van der Waals surface area contributed by atoms with Gasteiger partial charge in [0.1, 0.15) is 12.4 Å². The monoisotopic (exact) mass is 314 g/mol. The predicted octanol–water partition coefficient (Wildman–Crippen LogP) is 2.03. The van der Waals surface area contributed by atoms with Crippen LogP contribution in [0, 0.1) is 13.8 Å². The molecule has 23 heavy (non-hydrogen) atoms. The topological polar surface area (TPSA) is 58.3 Å². The van der Waals surface area contributed by atoms with Gasteiger partial charge in [0, 0.05) is 27.2 Å². The Morgan fingerprint density at radius 3 is 2.48 bits per heavy atom. The van der Waals surface area contributed by atoms with E-state index in [1.807, 2.05) is 25.6 Å². The van der Waals surface area contributed by atoms with E-state index < -0.39 is 0 Å². The molecule has 0 spiro atoms. The molecule has 0 saturated heterocycles. The van der Waals surface area contributed by atoms with E-state index in [2.05, 4.69) is 63.5 Å². The van der Waals surface area contributed by atoms with Crippen molar-refractivity contribution in [3.8, 4) is 0 Å². The zero-order valence-electron chi connectivity index (χ0n) is 14.7. The molecular weight excluding hydrogens is 288 g/mol. The summed E-state index contributed by atoms with van der Waals surface area (Å²) in [6, 6.07) is 8.58. The summed E-state index contributed by atoms with van der Waals surface area (Å²) in [7, 11) is 4.01. The Hall–Kier alpha value is -2.37. The van der Waals surface area contributed by atoms with E-state index in [4.69, 9.17) is 0 Å². The maximum Gasteiger partial charge on any atom is 0.194 e. The number of aromatic nitrogens is 3. The molecule has 0 unspecified atom stereocenters. The van der Waals surface area contributed by atoms with E-state index in [-0.39, 0.29) is 0 Å². The molecule has 0 bridgehead atoms. The SMILES string of the molecule is CCNC(=NCc1nnc(C)n1C)N(C)Cc1ccc(C)cc1. The van der Waals surface area contributed by atoms with Crippen LogP contribution in [0.5, 0.6) is 0 Å². The van der Waals surface area contributed by atoms with Crippen LogP contribution in [0.1, 0.15) is 29.7 Å². The zero-order chi connectivity index (χ0) is 16.8. The molecule has 0 fully saturated rings. The van der Waals surface area contributed by atoms with Crippen molar-refractivity contribution in [2.75, 3.05) is 13.6 Å². The van der Waals surface area contributed by atoms with Crippen LogP contribution < -0.4 is 5.32 Å². The summed E-state index contributed by atoms with van der Waals surface area (Å²) in [6.45, 7) is 8.26. The molecule has 1 heterocycles. The second kappa shape index (κ2) is 7.76. The Balaban J connectivity index is 2.08. The van der Waals surface area contributed by atoms with Crippen molar-refractivity contribution in [2.24, 2.45) is 12.0 Å². The molecule has 0 aliphatic carbocycles. The number of guanidine groups is 1. The molecular formula is C17H26N6. The van der Waals surface area contributed by atoms with Gasteiger partial charge in [-0.25, -0.2) is 4.99 Å². The smallest absolute Gasteiger partial charge is 0.194 e. The Morgan fingerprint density at radius 1 is 1.22 bits per heavy atom. The van der Waals surface area contributed by atoms with Crippen LogP contribution in [0.15, 0.2) is 29.3 Å². The fourth-order valence-corrected chi connectivity index (χ4v) is 2.25. The zero-order valence-corrected chi connectivity index (χ0v) is 14.7. The van der Waals surface area contributed by atoms with Gasteiger partial charge in [-0.05, 0) is 26.3 Å². The lowest BCUT2D eigenvalue weighted by Gasteiger charge is -2.22. The van der Waals surface area contributed by atoms with Gasteiger partial charge in [-0.2, -0.15) is 0 Å². The van der Waals surface area contributed by atoms with Crippen molar-refractivity contribution in [2.45, 2.75) is 33.9 Å². The van der Waals surface area contributed by atoms with E-state index in [1.165, 1.54) is 11.1 Å². The van der Waals surface area contributed by atoms with Crippen LogP contribution in [0.4, 0.5) is 0 Å². The molecule has 2 rings (SSSR count). The van der Waals surface area contributed by atoms with Gasteiger partial charge >= 0.3 is 0 Å². The summed E-state index contributed by atoms with van der Waals surface area (Å²) in [6.07, 6.45) is 0. The molecule has 6 heteroatoms. The van der Waals surface area contributed by atoms with E-state index in [9.17, 15) is 0 Å². The molecule has 1 N–H and O–H groups in total. The van der Waals surface area contributed by atoms with Gasteiger partial charge in [-0.15, -0.1) is 10.2 Å². The summed E-state index contributed by atoms with van der Waals surface area (Å²) in [5.74, 6) is 2.63. The van der Waals surface area contributed by atoms with Crippen molar-refractivity contribution in [1.29, 1.82) is 0 Å². The molecule has 124 valence electrons. The quantitative estimate of drug-likeness (QED) is 0.678. The Bertz CT molecular complexity index is 656. The summed E-state index contributed by atoms with van der Waals surface area (Å²) < 4.78 is 1.97. The molecule has 1 aromatic carbocycles. The number of rotatable bonds is 5. The number of nitrogens with one attached hydrogen (secondary N) is 1. The normalized spacial score (nSPS) is 11.6. The van der Waals surface area contributed by atoms with Crippen molar-refractivity contribution >= 4 is 5.96 Å². The first kappa shape index (κ1) is 17.0. The van der Waals surface area contributed by atoms with Gasteiger partial charge in [0.2, 0.25) is 0 Å². The number of aliphatic imine (C=N–C) groups is 1. The molecule has 0 atom stereocenters. The van der Waals surface area contributed by atoms with Crippen LogP contribution in [0.25, 0.3) is 0 Å². The average Bonchev–Trinajstić information content (AvgIpc) is 2.85. The molecule has 6 nitrogen and oxygen atoms in total. The van der Waals surface area contributed by atoms with Crippen molar-refractivity contribution < 1.29 is 0 Å². The Morgan fingerprint density at radius 2 is 1.91 bits per heavy atom. The summed E-state index contributed by atoms with van der Waals surface area (Å²) in [5.41, 5.74) is 2.54. The van der Waals surface area contributed by atoms with E-state index >= 15 is 0 Å². The molecule has 2 aromatic rings. The third-order valence-corrected chi connectivity index (χ3v) is 3.79. The third-order valence-electron chi connectivity index (χ3n) is 3.79. The van der Waals surface area contributed by atoms with Crippen molar-refractivity contribution in [3.05, 3.63) is 47.0 Å². The van der Waals surface area contributed by atoms with Gasteiger partial charge in [0.25, 0.3) is 0 Å². The summed E-state index contributed by atoms with van der Waals surface area (Å²) in [5, 5.41) is 11.6. The van der Waals surface area contributed by atoms with Gasteiger partial charge < -0.3 is 14.8 Å². The van der Waals surface area contributed by atoms with Crippen LogP contribution in [-0.4, -0.2) is 39.2 Å². The molecule has 1 aromatic heterocycles. The largest absolute Gasteiger partial charge is 0.357 e. The second-order valence-electron chi connectivity index (χ2n) is 5.73. The first-order valence-electron chi connectivity index (χ1n) is 7.91.